The third-order valence-electron chi connectivity index (χ3n) is 4.05. The van der Waals surface area contributed by atoms with E-state index in [4.69, 9.17) is 0 Å². The predicted octanol–water partition coefficient (Wildman–Crippen LogP) is 2.55. The number of hydrogen-bond donors (Lipinski definition) is 3. The van der Waals surface area contributed by atoms with Gasteiger partial charge in [-0.2, -0.15) is 13.5 Å². The molecule has 0 aliphatic carbocycles. The second-order valence-corrected chi connectivity index (χ2v) is 7.99. The van der Waals surface area contributed by atoms with Crippen LogP contribution >= 0.6 is 0 Å². The number of imidazole rings is 1. The number of aromatic nitrogens is 6. The summed E-state index contributed by atoms with van der Waals surface area (Å²) in [6.45, 7) is 3.88. The molecule has 29 heavy (non-hydrogen) atoms. The van der Waals surface area contributed by atoms with Gasteiger partial charge in [0, 0.05) is 17.1 Å². The SMILES string of the molecule is Cc1cc(C)n(-c2ccc(Nc3ccc(NS(=O)(=O)c4cnc[nH]4)cc3)nn2)n1. The maximum Gasteiger partial charge on any atom is 0.278 e. The van der Waals surface area contributed by atoms with Crippen LogP contribution in [-0.4, -0.2) is 38.4 Å². The van der Waals surface area contributed by atoms with E-state index in [1.807, 2.05) is 26.0 Å². The van der Waals surface area contributed by atoms with Gasteiger partial charge in [0.05, 0.1) is 18.2 Å². The molecule has 3 heterocycles. The number of aromatic amines is 1. The number of sulfonamides is 1. The van der Waals surface area contributed by atoms with Crippen molar-refractivity contribution in [3.63, 3.8) is 0 Å². The topological polar surface area (TPSA) is 130 Å². The minimum Gasteiger partial charge on any atom is -0.339 e. The molecule has 148 valence electrons. The monoisotopic (exact) mass is 410 g/mol. The van der Waals surface area contributed by atoms with Crippen LogP contribution in [-0.2, 0) is 10.0 Å². The Labute approximate surface area is 167 Å². The predicted molar refractivity (Wildman–Crippen MR) is 108 cm³/mol. The number of hydrogen-bond acceptors (Lipinski definition) is 7. The molecule has 0 radical (unpaired) electrons. The van der Waals surface area contributed by atoms with E-state index in [-0.39, 0.29) is 5.03 Å². The highest BCUT2D eigenvalue weighted by Crippen LogP contribution is 2.20. The third kappa shape index (κ3) is 4.09. The van der Waals surface area contributed by atoms with Gasteiger partial charge in [0.1, 0.15) is 0 Å². The molecule has 0 spiro atoms. The Kier molecular flexibility index (Phi) is 4.72. The number of aryl methyl sites for hydroxylation is 2. The Hall–Kier alpha value is -3.73. The van der Waals surface area contributed by atoms with Crippen LogP contribution in [0.3, 0.4) is 0 Å². The van der Waals surface area contributed by atoms with Crippen LogP contribution < -0.4 is 10.0 Å². The van der Waals surface area contributed by atoms with Gasteiger partial charge < -0.3 is 10.3 Å². The van der Waals surface area contributed by atoms with Crippen molar-refractivity contribution in [2.45, 2.75) is 18.9 Å². The van der Waals surface area contributed by atoms with E-state index in [9.17, 15) is 8.42 Å². The van der Waals surface area contributed by atoms with Gasteiger partial charge in [-0.05, 0) is 56.3 Å². The number of rotatable bonds is 6. The van der Waals surface area contributed by atoms with Crippen LogP contribution in [0.5, 0.6) is 0 Å². The highest BCUT2D eigenvalue weighted by molar-refractivity contribution is 7.92. The molecule has 10 nitrogen and oxygen atoms in total. The van der Waals surface area contributed by atoms with Crippen LogP contribution in [0.15, 0.2) is 60.0 Å². The van der Waals surface area contributed by atoms with Gasteiger partial charge in [-0.1, -0.05) is 0 Å². The Morgan fingerprint density at radius 1 is 1.00 bits per heavy atom. The first-order valence-electron chi connectivity index (χ1n) is 8.66. The first kappa shape index (κ1) is 18.6. The highest BCUT2D eigenvalue weighted by Gasteiger charge is 2.15. The van der Waals surface area contributed by atoms with Crippen molar-refractivity contribution in [3.8, 4) is 5.82 Å². The fourth-order valence-electron chi connectivity index (χ4n) is 2.74. The average Bonchev–Trinajstić information content (AvgIpc) is 3.34. The summed E-state index contributed by atoms with van der Waals surface area (Å²) in [4.78, 5) is 6.29. The standard InChI is InChI=1S/C18H18N8O2S/c1-12-9-13(2)26(24-12)17-8-7-16(22-23-17)21-14-3-5-15(6-4-14)25-29(27,28)18-10-19-11-20-18/h3-11,25H,1-2H3,(H,19,20)(H,21,22). The molecule has 0 fully saturated rings. The molecule has 0 amide bonds. The molecule has 0 unspecified atom stereocenters. The maximum atomic E-state index is 12.2. The average molecular weight is 410 g/mol. The first-order chi connectivity index (χ1) is 13.9. The smallest absolute Gasteiger partial charge is 0.278 e. The Morgan fingerprint density at radius 2 is 1.76 bits per heavy atom. The Bertz CT molecular complexity index is 1210. The second kappa shape index (κ2) is 7.36. The van der Waals surface area contributed by atoms with Crippen molar-refractivity contribution in [2.75, 3.05) is 10.0 Å². The van der Waals surface area contributed by atoms with E-state index in [1.165, 1.54) is 12.5 Å². The lowest BCUT2D eigenvalue weighted by atomic mass is 10.3. The van der Waals surface area contributed by atoms with Gasteiger partial charge in [-0.25, -0.2) is 9.67 Å². The summed E-state index contributed by atoms with van der Waals surface area (Å²) < 4.78 is 28.6. The lowest BCUT2D eigenvalue weighted by molar-refractivity contribution is 0.598. The van der Waals surface area contributed by atoms with Crippen molar-refractivity contribution >= 4 is 27.2 Å². The summed E-state index contributed by atoms with van der Waals surface area (Å²) in [5.41, 5.74) is 3.05. The van der Waals surface area contributed by atoms with Crippen LogP contribution in [0.1, 0.15) is 11.4 Å². The van der Waals surface area contributed by atoms with Crippen molar-refractivity contribution in [1.29, 1.82) is 0 Å². The molecule has 3 N–H and O–H groups in total. The van der Waals surface area contributed by atoms with Gasteiger partial charge in [0.25, 0.3) is 10.0 Å². The summed E-state index contributed by atoms with van der Waals surface area (Å²) in [6.07, 6.45) is 2.55. The minimum absolute atomic E-state index is 0.00215. The first-order valence-corrected chi connectivity index (χ1v) is 10.1. The lowest BCUT2D eigenvalue weighted by Gasteiger charge is -2.09. The Morgan fingerprint density at radius 3 is 2.34 bits per heavy atom. The summed E-state index contributed by atoms with van der Waals surface area (Å²) in [6, 6.07) is 12.4. The molecule has 11 heteroatoms. The molecular formula is C18H18N8O2S. The minimum atomic E-state index is -3.69. The van der Waals surface area contributed by atoms with E-state index < -0.39 is 10.0 Å². The molecular weight excluding hydrogens is 392 g/mol. The van der Waals surface area contributed by atoms with E-state index in [2.05, 4.69) is 35.3 Å². The Balaban J connectivity index is 1.44. The van der Waals surface area contributed by atoms with Gasteiger partial charge >= 0.3 is 0 Å². The fraction of sp³-hybridized carbons (Fsp3) is 0.111. The zero-order valence-electron chi connectivity index (χ0n) is 15.7. The van der Waals surface area contributed by atoms with Crippen LogP contribution in [0, 0.1) is 13.8 Å². The number of nitrogens with one attached hydrogen (secondary N) is 3. The number of H-pyrrole nitrogens is 1. The molecule has 0 bridgehead atoms. The van der Waals surface area contributed by atoms with Crippen molar-refractivity contribution < 1.29 is 8.42 Å². The molecule has 0 saturated heterocycles. The summed E-state index contributed by atoms with van der Waals surface area (Å²) in [5.74, 6) is 1.19. The van der Waals surface area contributed by atoms with E-state index in [0.29, 0.717) is 17.3 Å². The summed E-state index contributed by atoms with van der Waals surface area (Å²) in [5, 5.41) is 15.9. The second-order valence-electron chi connectivity index (χ2n) is 6.34. The van der Waals surface area contributed by atoms with Gasteiger partial charge in [0.2, 0.25) is 0 Å². The summed E-state index contributed by atoms with van der Waals surface area (Å²) >= 11 is 0. The summed E-state index contributed by atoms with van der Waals surface area (Å²) in [7, 11) is -3.69. The number of benzene rings is 1. The molecule has 0 saturated carbocycles. The van der Waals surface area contributed by atoms with E-state index in [1.54, 1.807) is 35.0 Å². The maximum absolute atomic E-state index is 12.2. The van der Waals surface area contributed by atoms with E-state index in [0.717, 1.165) is 17.1 Å². The van der Waals surface area contributed by atoms with Crippen LogP contribution in [0.25, 0.3) is 5.82 Å². The van der Waals surface area contributed by atoms with Crippen LogP contribution in [0.4, 0.5) is 17.2 Å². The molecule has 0 aliphatic rings. The molecule has 0 aliphatic heterocycles. The van der Waals surface area contributed by atoms with E-state index >= 15 is 0 Å². The van der Waals surface area contributed by atoms with Crippen LogP contribution in [0.2, 0.25) is 0 Å². The molecule has 4 rings (SSSR count). The zero-order valence-corrected chi connectivity index (χ0v) is 16.5. The molecule has 3 aromatic heterocycles. The molecule has 0 atom stereocenters. The number of nitrogens with zero attached hydrogens (tertiary/aromatic N) is 5. The highest BCUT2D eigenvalue weighted by atomic mass is 32.2. The van der Waals surface area contributed by atoms with Gasteiger partial charge in [-0.15, -0.1) is 10.2 Å². The van der Waals surface area contributed by atoms with Crippen molar-refractivity contribution in [1.82, 2.24) is 29.9 Å². The fourth-order valence-corrected chi connectivity index (χ4v) is 3.70. The lowest BCUT2D eigenvalue weighted by Crippen LogP contribution is -2.13. The zero-order chi connectivity index (χ0) is 20.4. The van der Waals surface area contributed by atoms with Crippen molar-refractivity contribution in [2.24, 2.45) is 0 Å². The largest absolute Gasteiger partial charge is 0.339 e. The quantitative estimate of drug-likeness (QED) is 0.445. The number of anilines is 3. The molecule has 1 aromatic carbocycles. The normalized spacial score (nSPS) is 11.4. The van der Waals surface area contributed by atoms with Gasteiger partial charge in [0.15, 0.2) is 16.7 Å². The third-order valence-corrected chi connectivity index (χ3v) is 5.36. The molecule has 4 aromatic rings. The van der Waals surface area contributed by atoms with Crippen molar-refractivity contribution in [3.05, 3.63) is 66.4 Å². The van der Waals surface area contributed by atoms with Gasteiger partial charge in [-0.3, -0.25) is 4.72 Å².